The van der Waals surface area contributed by atoms with E-state index in [-0.39, 0.29) is 17.0 Å². The maximum Gasteiger partial charge on any atom is 0.130 e. The first kappa shape index (κ1) is 11.5. The van der Waals surface area contributed by atoms with Gasteiger partial charge in [-0.3, -0.25) is 0 Å². The Kier molecular flexibility index (Phi) is 2.98. The summed E-state index contributed by atoms with van der Waals surface area (Å²) in [5, 5.41) is 3.20. The lowest BCUT2D eigenvalue weighted by molar-refractivity contribution is 0.348. The standard InChI is InChI=1S/C13H17F2N/c1-3-16-12(13(2)7-8-13)11-9(14)5-4-6-10(11)15/h4-6,12,16H,3,7-8H2,1-2H3. The molecule has 1 unspecified atom stereocenters. The second-order valence-corrected chi connectivity index (χ2v) is 4.78. The molecule has 0 saturated heterocycles. The highest BCUT2D eigenvalue weighted by molar-refractivity contribution is 5.27. The monoisotopic (exact) mass is 225 g/mol. The minimum absolute atomic E-state index is 0.0129. The summed E-state index contributed by atoms with van der Waals surface area (Å²) in [6.07, 6.45) is 2.05. The summed E-state index contributed by atoms with van der Waals surface area (Å²) in [6.45, 7) is 4.75. The van der Waals surface area contributed by atoms with Gasteiger partial charge >= 0.3 is 0 Å². The molecule has 1 saturated carbocycles. The molecule has 1 nitrogen and oxygen atoms in total. The normalized spacial score (nSPS) is 19.5. The Bertz CT molecular complexity index is 365. The van der Waals surface area contributed by atoms with Crippen LogP contribution in [0.2, 0.25) is 0 Å². The fourth-order valence-corrected chi connectivity index (χ4v) is 2.17. The van der Waals surface area contributed by atoms with Gasteiger partial charge in [0.25, 0.3) is 0 Å². The van der Waals surface area contributed by atoms with Crippen LogP contribution in [-0.4, -0.2) is 6.54 Å². The van der Waals surface area contributed by atoms with Gasteiger partial charge in [0.2, 0.25) is 0 Å². The average Bonchev–Trinajstić information content (AvgIpc) is 2.96. The molecule has 1 aliphatic carbocycles. The number of hydrogen-bond acceptors (Lipinski definition) is 1. The van der Waals surface area contributed by atoms with E-state index in [0.717, 1.165) is 12.8 Å². The molecule has 0 aliphatic heterocycles. The number of rotatable bonds is 4. The van der Waals surface area contributed by atoms with Gasteiger partial charge in [0.05, 0.1) is 0 Å². The minimum Gasteiger partial charge on any atom is -0.310 e. The van der Waals surface area contributed by atoms with Gasteiger partial charge in [-0.2, -0.15) is 0 Å². The Morgan fingerprint density at radius 1 is 1.31 bits per heavy atom. The van der Waals surface area contributed by atoms with Crippen molar-refractivity contribution in [2.45, 2.75) is 32.7 Å². The summed E-state index contributed by atoms with van der Waals surface area (Å²) in [7, 11) is 0. The smallest absolute Gasteiger partial charge is 0.130 e. The van der Waals surface area contributed by atoms with Crippen molar-refractivity contribution in [2.75, 3.05) is 6.54 Å². The molecule has 0 spiro atoms. The van der Waals surface area contributed by atoms with Crippen LogP contribution in [0.5, 0.6) is 0 Å². The zero-order valence-corrected chi connectivity index (χ0v) is 9.69. The van der Waals surface area contributed by atoms with Gasteiger partial charge in [-0.1, -0.05) is 19.9 Å². The van der Waals surface area contributed by atoms with E-state index in [4.69, 9.17) is 0 Å². The maximum atomic E-state index is 13.7. The average molecular weight is 225 g/mol. The molecule has 0 bridgehead atoms. The molecule has 88 valence electrons. The molecule has 0 aromatic heterocycles. The predicted molar refractivity (Wildman–Crippen MR) is 60.1 cm³/mol. The van der Waals surface area contributed by atoms with Crippen molar-refractivity contribution < 1.29 is 8.78 Å². The zero-order valence-electron chi connectivity index (χ0n) is 9.69. The lowest BCUT2D eigenvalue weighted by atomic mass is 9.91. The van der Waals surface area contributed by atoms with Crippen LogP contribution >= 0.6 is 0 Å². The predicted octanol–water partition coefficient (Wildman–Crippen LogP) is 3.42. The van der Waals surface area contributed by atoms with Crippen molar-refractivity contribution in [1.82, 2.24) is 5.32 Å². The molecular formula is C13H17F2N. The van der Waals surface area contributed by atoms with Crippen LogP contribution < -0.4 is 5.32 Å². The molecule has 0 heterocycles. The molecule has 1 aromatic carbocycles. The van der Waals surface area contributed by atoms with Crippen LogP contribution in [0.25, 0.3) is 0 Å². The summed E-state index contributed by atoms with van der Waals surface area (Å²) < 4.78 is 27.4. The van der Waals surface area contributed by atoms with Gasteiger partial charge in [0.1, 0.15) is 11.6 Å². The summed E-state index contributed by atoms with van der Waals surface area (Å²) in [6, 6.07) is 3.86. The van der Waals surface area contributed by atoms with E-state index in [1.54, 1.807) is 0 Å². The molecule has 16 heavy (non-hydrogen) atoms. The third-order valence-corrected chi connectivity index (χ3v) is 3.43. The summed E-state index contributed by atoms with van der Waals surface area (Å²) in [4.78, 5) is 0. The molecule has 2 rings (SSSR count). The van der Waals surface area contributed by atoms with Crippen LogP contribution in [0.4, 0.5) is 8.78 Å². The molecule has 0 amide bonds. The van der Waals surface area contributed by atoms with Gasteiger partial charge in [0.15, 0.2) is 0 Å². The van der Waals surface area contributed by atoms with Crippen LogP contribution in [0, 0.1) is 17.0 Å². The number of benzene rings is 1. The first-order valence-electron chi connectivity index (χ1n) is 5.76. The van der Waals surface area contributed by atoms with E-state index in [9.17, 15) is 8.78 Å². The molecule has 1 atom stereocenters. The fourth-order valence-electron chi connectivity index (χ4n) is 2.17. The molecule has 1 aliphatic rings. The zero-order chi connectivity index (χ0) is 11.8. The summed E-state index contributed by atoms with van der Waals surface area (Å²) >= 11 is 0. The SMILES string of the molecule is CCNC(c1c(F)cccc1F)C1(C)CC1. The highest BCUT2D eigenvalue weighted by Gasteiger charge is 2.46. The van der Waals surface area contributed by atoms with E-state index < -0.39 is 11.6 Å². The molecular weight excluding hydrogens is 208 g/mol. The second kappa shape index (κ2) is 4.13. The lowest BCUT2D eigenvalue weighted by Crippen LogP contribution is -2.29. The lowest BCUT2D eigenvalue weighted by Gasteiger charge is -2.25. The van der Waals surface area contributed by atoms with Gasteiger partial charge < -0.3 is 5.32 Å². The van der Waals surface area contributed by atoms with Crippen molar-refractivity contribution in [3.05, 3.63) is 35.4 Å². The van der Waals surface area contributed by atoms with Gasteiger partial charge in [-0.25, -0.2) is 8.78 Å². The van der Waals surface area contributed by atoms with E-state index in [1.165, 1.54) is 18.2 Å². The van der Waals surface area contributed by atoms with Crippen LogP contribution in [-0.2, 0) is 0 Å². The van der Waals surface area contributed by atoms with Gasteiger partial charge in [-0.05, 0) is 36.9 Å². The highest BCUT2D eigenvalue weighted by atomic mass is 19.1. The van der Waals surface area contributed by atoms with E-state index in [0.29, 0.717) is 6.54 Å². The van der Waals surface area contributed by atoms with Crippen molar-refractivity contribution >= 4 is 0 Å². The van der Waals surface area contributed by atoms with E-state index in [1.807, 2.05) is 6.92 Å². The van der Waals surface area contributed by atoms with Crippen LogP contribution in [0.3, 0.4) is 0 Å². The number of hydrogen-bond donors (Lipinski definition) is 1. The third-order valence-electron chi connectivity index (χ3n) is 3.43. The molecule has 1 N–H and O–H groups in total. The van der Waals surface area contributed by atoms with Crippen LogP contribution in [0.15, 0.2) is 18.2 Å². The van der Waals surface area contributed by atoms with Crippen molar-refractivity contribution in [3.8, 4) is 0 Å². The van der Waals surface area contributed by atoms with Crippen molar-refractivity contribution in [1.29, 1.82) is 0 Å². The molecule has 1 fully saturated rings. The van der Waals surface area contributed by atoms with E-state index in [2.05, 4.69) is 12.2 Å². The molecule has 0 radical (unpaired) electrons. The number of nitrogens with one attached hydrogen (secondary N) is 1. The minimum atomic E-state index is -0.445. The highest BCUT2D eigenvalue weighted by Crippen LogP contribution is 2.55. The topological polar surface area (TPSA) is 12.0 Å². The Hall–Kier alpha value is -0.960. The molecule has 1 aromatic rings. The Morgan fingerprint density at radius 2 is 1.88 bits per heavy atom. The van der Waals surface area contributed by atoms with Crippen molar-refractivity contribution in [3.63, 3.8) is 0 Å². The number of halogens is 2. The second-order valence-electron chi connectivity index (χ2n) is 4.78. The van der Waals surface area contributed by atoms with Gasteiger partial charge in [-0.15, -0.1) is 0 Å². The summed E-state index contributed by atoms with van der Waals surface area (Å²) in [5.41, 5.74) is 0.211. The van der Waals surface area contributed by atoms with Gasteiger partial charge in [0, 0.05) is 11.6 Å². The fraction of sp³-hybridized carbons (Fsp3) is 0.538. The van der Waals surface area contributed by atoms with Crippen LogP contribution in [0.1, 0.15) is 38.3 Å². The Balaban J connectivity index is 2.38. The first-order valence-corrected chi connectivity index (χ1v) is 5.76. The molecule has 3 heteroatoms. The quantitative estimate of drug-likeness (QED) is 0.828. The first-order chi connectivity index (χ1) is 7.58. The largest absolute Gasteiger partial charge is 0.310 e. The van der Waals surface area contributed by atoms with E-state index >= 15 is 0 Å². The summed E-state index contributed by atoms with van der Waals surface area (Å²) in [5.74, 6) is -0.891. The Morgan fingerprint density at radius 3 is 2.31 bits per heavy atom. The van der Waals surface area contributed by atoms with Crippen molar-refractivity contribution in [2.24, 2.45) is 5.41 Å². The third kappa shape index (κ3) is 1.96. The maximum absolute atomic E-state index is 13.7. The Labute approximate surface area is 94.9 Å².